The molecule has 2 aromatic carbocycles. The lowest BCUT2D eigenvalue weighted by Gasteiger charge is -2.26. The van der Waals surface area contributed by atoms with Gasteiger partial charge in [0.25, 0.3) is 5.91 Å². The molecule has 2 aromatic rings. The van der Waals surface area contributed by atoms with Crippen molar-refractivity contribution in [3.8, 4) is 11.5 Å². The summed E-state index contributed by atoms with van der Waals surface area (Å²) in [6.45, 7) is 0.262. The quantitative estimate of drug-likeness (QED) is 0.866. The molecule has 1 amide bonds. The van der Waals surface area contributed by atoms with E-state index in [0.29, 0.717) is 11.5 Å². The fraction of sp³-hybridized carbons (Fsp3) is 0.316. The third-order valence-electron chi connectivity index (χ3n) is 4.06. The highest BCUT2D eigenvalue weighted by Gasteiger charge is 2.27. The number of aliphatic hydroxyl groups excluding tert-OH is 1. The average molecular weight is 342 g/mol. The number of benzene rings is 2. The van der Waals surface area contributed by atoms with Gasteiger partial charge in [-0.2, -0.15) is 0 Å². The van der Waals surface area contributed by atoms with Crippen molar-refractivity contribution in [1.29, 1.82) is 0 Å². The molecule has 25 heavy (non-hydrogen) atoms. The number of hydrogen-bond acceptors (Lipinski definition) is 5. The Balaban J connectivity index is 1.53. The maximum atomic E-state index is 12.3. The minimum absolute atomic E-state index is 0.113. The summed E-state index contributed by atoms with van der Waals surface area (Å²) in [6.07, 6.45) is -1.50. The van der Waals surface area contributed by atoms with Crippen LogP contribution in [0.2, 0.25) is 0 Å². The maximum Gasteiger partial charge on any atom is 0.264 e. The highest BCUT2D eigenvalue weighted by Crippen LogP contribution is 2.30. The number of nitrogens with zero attached hydrogens (tertiary/aromatic N) is 1. The number of aliphatic hydroxyl groups is 1. The van der Waals surface area contributed by atoms with E-state index < -0.39 is 12.2 Å². The van der Waals surface area contributed by atoms with Gasteiger partial charge in [-0.05, 0) is 29.8 Å². The monoisotopic (exact) mass is 342 g/mol. The van der Waals surface area contributed by atoms with E-state index in [1.807, 2.05) is 55.4 Å². The second-order valence-electron chi connectivity index (χ2n) is 6.11. The van der Waals surface area contributed by atoms with Crippen molar-refractivity contribution in [3.05, 3.63) is 54.1 Å². The lowest BCUT2D eigenvalue weighted by molar-refractivity contribution is -0.130. The molecule has 0 saturated heterocycles. The molecule has 2 unspecified atom stereocenters. The summed E-state index contributed by atoms with van der Waals surface area (Å²) in [5.74, 6) is 0.875. The zero-order valence-electron chi connectivity index (χ0n) is 14.3. The summed E-state index contributed by atoms with van der Waals surface area (Å²) in [5, 5.41) is 13.0. The number of rotatable bonds is 5. The topological polar surface area (TPSA) is 71.0 Å². The molecular weight excluding hydrogens is 320 g/mol. The Kier molecular flexibility index (Phi) is 5.09. The fourth-order valence-electron chi connectivity index (χ4n) is 2.57. The van der Waals surface area contributed by atoms with Crippen molar-refractivity contribution in [1.82, 2.24) is 5.32 Å². The van der Waals surface area contributed by atoms with Gasteiger partial charge in [0.2, 0.25) is 6.10 Å². The molecular formula is C19H22N2O4. The molecule has 6 nitrogen and oxygen atoms in total. The molecule has 0 fully saturated rings. The van der Waals surface area contributed by atoms with Crippen molar-refractivity contribution in [3.63, 3.8) is 0 Å². The number of anilines is 1. The van der Waals surface area contributed by atoms with Crippen LogP contribution in [0.1, 0.15) is 11.7 Å². The molecule has 0 spiro atoms. The average Bonchev–Trinajstić information content (AvgIpc) is 2.65. The van der Waals surface area contributed by atoms with Gasteiger partial charge in [-0.3, -0.25) is 4.79 Å². The van der Waals surface area contributed by atoms with Crippen LogP contribution in [-0.4, -0.2) is 44.4 Å². The van der Waals surface area contributed by atoms with Crippen LogP contribution in [0.3, 0.4) is 0 Å². The number of para-hydroxylation sites is 2. The number of hydrogen-bond donors (Lipinski definition) is 2. The standard InChI is InChI=1S/C19H22N2O4/c1-21(2)14-9-7-13(8-10-14)15(22)11-20-19(23)18-12-24-16-5-3-4-6-17(16)25-18/h3-10,15,18,22H,11-12H2,1-2H3,(H,20,23). The lowest BCUT2D eigenvalue weighted by Crippen LogP contribution is -2.45. The van der Waals surface area contributed by atoms with Crippen LogP contribution in [0.15, 0.2) is 48.5 Å². The first kappa shape index (κ1) is 17.1. The second-order valence-corrected chi connectivity index (χ2v) is 6.11. The third-order valence-corrected chi connectivity index (χ3v) is 4.06. The molecule has 3 rings (SSSR count). The summed E-state index contributed by atoms with van der Waals surface area (Å²) in [4.78, 5) is 14.2. The first-order chi connectivity index (χ1) is 12.0. The number of nitrogens with one attached hydrogen (secondary N) is 1. The van der Waals surface area contributed by atoms with Crippen LogP contribution in [0.5, 0.6) is 11.5 Å². The van der Waals surface area contributed by atoms with Gasteiger partial charge in [-0.25, -0.2) is 0 Å². The predicted molar refractivity (Wildman–Crippen MR) is 95.1 cm³/mol. The number of amides is 1. The van der Waals surface area contributed by atoms with Gasteiger partial charge in [0.1, 0.15) is 6.61 Å². The molecule has 6 heteroatoms. The number of carbonyl (C=O) groups is 1. The molecule has 132 valence electrons. The molecule has 0 bridgehead atoms. The molecule has 2 N–H and O–H groups in total. The number of ether oxygens (including phenoxy) is 2. The van der Waals surface area contributed by atoms with Crippen molar-refractivity contribution >= 4 is 11.6 Å². The summed E-state index contributed by atoms with van der Waals surface area (Å²) in [6, 6.07) is 14.8. The Labute approximate surface area is 147 Å². The van der Waals surface area contributed by atoms with Gasteiger partial charge in [0, 0.05) is 26.3 Å². The molecule has 0 radical (unpaired) electrons. The van der Waals surface area contributed by atoms with Crippen LogP contribution in [0.25, 0.3) is 0 Å². The molecule has 1 heterocycles. The van der Waals surface area contributed by atoms with Crippen LogP contribution < -0.4 is 19.7 Å². The minimum Gasteiger partial charge on any atom is -0.485 e. The summed E-state index contributed by atoms with van der Waals surface area (Å²) in [5.41, 5.74) is 1.79. The van der Waals surface area contributed by atoms with E-state index in [0.717, 1.165) is 11.3 Å². The third kappa shape index (κ3) is 4.03. The van der Waals surface area contributed by atoms with E-state index in [4.69, 9.17) is 9.47 Å². The molecule has 0 saturated carbocycles. The first-order valence-corrected chi connectivity index (χ1v) is 8.16. The summed E-state index contributed by atoms with van der Waals surface area (Å²) in [7, 11) is 3.91. The van der Waals surface area contributed by atoms with E-state index in [2.05, 4.69) is 5.32 Å². The van der Waals surface area contributed by atoms with Crippen LogP contribution >= 0.6 is 0 Å². The highest BCUT2D eigenvalue weighted by atomic mass is 16.6. The fourth-order valence-corrected chi connectivity index (χ4v) is 2.57. The molecule has 2 atom stereocenters. The largest absolute Gasteiger partial charge is 0.485 e. The highest BCUT2D eigenvalue weighted by molar-refractivity contribution is 5.81. The van der Waals surface area contributed by atoms with Gasteiger partial charge in [-0.15, -0.1) is 0 Å². The SMILES string of the molecule is CN(C)c1ccc(C(O)CNC(=O)C2COc3ccccc3O2)cc1. The lowest BCUT2D eigenvalue weighted by atomic mass is 10.1. The van der Waals surface area contributed by atoms with Gasteiger partial charge < -0.3 is 24.8 Å². The zero-order valence-corrected chi connectivity index (χ0v) is 14.3. The molecule has 1 aliphatic rings. The Morgan fingerprint density at radius 3 is 2.56 bits per heavy atom. The molecule has 0 aliphatic carbocycles. The normalized spacial score (nSPS) is 16.8. The van der Waals surface area contributed by atoms with E-state index in [-0.39, 0.29) is 19.1 Å². The van der Waals surface area contributed by atoms with Gasteiger partial charge >= 0.3 is 0 Å². The van der Waals surface area contributed by atoms with Crippen LogP contribution in [0, 0.1) is 0 Å². The van der Waals surface area contributed by atoms with Crippen molar-refractivity contribution < 1.29 is 19.4 Å². The summed E-state index contributed by atoms with van der Waals surface area (Å²) < 4.78 is 11.2. The van der Waals surface area contributed by atoms with E-state index in [1.54, 1.807) is 12.1 Å². The van der Waals surface area contributed by atoms with Crippen molar-refractivity contribution in [2.75, 3.05) is 32.1 Å². The van der Waals surface area contributed by atoms with Crippen molar-refractivity contribution in [2.24, 2.45) is 0 Å². The van der Waals surface area contributed by atoms with Gasteiger partial charge in [0.05, 0.1) is 6.10 Å². The zero-order chi connectivity index (χ0) is 17.8. The Morgan fingerprint density at radius 1 is 1.20 bits per heavy atom. The second kappa shape index (κ2) is 7.44. The molecule has 0 aromatic heterocycles. The van der Waals surface area contributed by atoms with E-state index in [9.17, 15) is 9.90 Å². The maximum absolute atomic E-state index is 12.3. The van der Waals surface area contributed by atoms with Crippen LogP contribution in [0.4, 0.5) is 5.69 Å². The predicted octanol–water partition coefficient (Wildman–Crippen LogP) is 1.74. The van der Waals surface area contributed by atoms with E-state index >= 15 is 0 Å². The van der Waals surface area contributed by atoms with Crippen molar-refractivity contribution in [2.45, 2.75) is 12.2 Å². The molecule has 1 aliphatic heterocycles. The van der Waals surface area contributed by atoms with Gasteiger partial charge in [0.15, 0.2) is 11.5 Å². The number of fused-ring (bicyclic) bond motifs is 1. The Hall–Kier alpha value is -2.73. The van der Waals surface area contributed by atoms with E-state index in [1.165, 1.54) is 0 Å². The Morgan fingerprint density at radius 2 is 1.88 bits per heavy atom. The smallest absolute Gasteiger partial charge is 0.264 e. The van der Waals surface area contributed by atoms with Gasteiger partial charge in [-0.1, -0.05) is 24.3 Å². The Bertz CT molecular complexity index is 730. The summed E-state index contributed by atoms with van der Waals surface area (Å²) >= 11 is 0. The number of carbonyl (C=O) groups excluding carboxylic acids is 1. The van der Waals surface area contributed by atoms with Crippen LogP contribution in [-0.2, 0) is 4.79 Å². The minimum atomic E-state index is -0.781. The first-order valence-electron chi connectivity index (χ1n) is 8.16.